The molecule has 0 amide bonds. The fourth-order valence-electron chi connectivity index (χ4n) is 3.17. The first-order valence-electron chi connectivity index (χ1n) is 7.51. The molecule has 0 spiro atoms. The van der Waals surface area contributed by atoms with E-state index in [9.17, 15) is 9.90 Å². The number of anilines is 1. The van der Waals surface area contributed by atoms with Gasteiger partial charge in [-0.3, -0.25) is 4.79 Å². The number of rotatable bonds is 3. The lowest BCUT2D eigenvalue weighted by atomic mass is 9.82. The number of hydrogen-bond acceptors (Lipinski definition) is 3. The van der Waals surface area contributed by atoms with Crippen LogP contribution in [0.25, 0.3) is 0 Å². The highest BCUT2D eigenvalue weighted by molar-refractivity contribution is 5.57. The number of aromatic nitrogens is 1. The van der Waals surface area contributed by atoms with Crippen LogP contribution in [0.2, 0.25) is 0 Å². The summed E-state index contributed by atoms with van der Waals surface area (Å²) in [5.74, 6) is 0. The molecular weight excluding hydrogens is 276 g/mol. The second-order valence-corrected chi connectivity index (χ2v) is 6.15. The smallest absolute Gasteiger partial charge is 0.271 e. The van der Waals surface area contributed by atoms with E-state index in [0.29, 0.717) is 12.0 Å². The number of pyridine rings is 1. The van der Waals surface area contributed by atoms with Crippen molar-refractivity contribution >= 4 is 5.69 Å². The molecule has 0 radical (unpaired) electrons. The average molecular weight is 300 g/mol. The van der Waals surface area contributed by atoms with Gasteiger partial charge in [0.15, 0.2) is 0 Å². The van der Waals surface area contributed by atoms with Gasteiger partial charge < -0.3 is 15.8 Å². The van der Waals surface area contributed by atoms with Gasteiger partial charge in [-0.2, -0.15) is 0 Å². The SMILES string of the molecule is CCc1c(C)[nH]c(=O)c(N)c1C(C)(O)c1cc(C)cc(C)c1. The van der Waals surface area contributed by atoms with Crippen molar-refractivity contribution < 1.29 is 5.11 Å². The van der Waals surface area contributed by atoms with Gasteiger partial charge in [-0.15, -0.1) is 0 Å². The largest absolute Gasteiger partial charge is 0.394 e. The summed E-state index contributed by atoms with van der Waals surface area (Å²) in [5, 5.41) is 11.2. The molecule has 22 heavy (non-hydrogen) atoms. The van der Waals surface area contributed by atoms with Gasteiger partial charge in [0.2, 0.25) is 0 Å². The molecule has 1 atom stereocenters. The monoisotopic (exact) mass is 300 g/mol. The molecule has 1 aromatic heterocycles. The van der Waals surface area contributed by atoms with Crippen LogP contribution in [0.5, 0.6) is 0 Å². The quantitative estimate of drug-likeness (QED) is 0.815. The Morgan fingerprint density at radius 3 is 2.23 bits per heavy atom. The number of aromatic amines is 1. The Balaban J connectivity index is 2.81. The number of aliphatic hydroxyl groups is 1. The zero-order valence-corrected chi connectivity index (χ0v) is 13.9. The molecule has 0 fully saturated rings. The van der Waals surface area contributed by atoms with E-state index < -0.39 is 5.60 Å². The van der Waals surface area contributed by atoms with Crippen LogP contribution in [0.4, 0.5) is 5.69 Å². The molecule has 2 aromatic rings. The number of nitrogen functional groups attached to an aromatic ring is 1. The molecule has 1 unspecified atom stereocenters. The van der Waals surface area contributed by atoms with Crippen molar-refractivity contribution in [3.05, 3.63) is 62.1 Å². The van der Waals surface area contributed by atoms with Crippen LogP contribution in [0.15, 0.2) is 23.0 Å². The number of nitrogens with two attached hydrogens (primary N) is 1. The maximum absolute atomic E-state index is 12.0. The Hall–Kier alpha value is -2.07. The Morgan fingerprint density at radius 1 is 1.18 bits per heavy atom. The lowest BCUT2D eigenvalue weighted by Gasteiger charge is -2.29. The summed E-state index contributed by atoms with van der Waals surface area (Å²) in [4.78, 5) is 14.8. The van der Waals surface area contributed by atoms with Crippen molar-refractivity contribution in [2.45, 2.75) is 46.6 Å². The van der Waals surface area contributed by atoms with Crippen LogP contribution in [0.1, 0.15) is 47.4 Å². The molecule has 2 rings (SSSR count). The highest BCUT2D eigenvalue weighted by Gasteiger charge is 2.32. The van der Waals surface area contributed by atoms with Gasteiger partial charge in [-0.25, -0.2) is 0 Å². The highest BCUT2D eigenvalue weighted by Crippen LogP contribution is 2.35. The van der Waals surface area contributed by atoms with Crippen molar-refractivity contribution in [3.8, 4) is 0 Å². The average Bonchev–Trinajstić information content (AvgIpc) is 2.41. The zero-order valence-electron chi connectivity index (χ0n) is 13.9. The summed E-state index contributed by atoms with van der Waals surface area (Å²) in [5.41, 5.74) is 9.48. The topological polar surface area (TPSA) is 79.1 Å². The minimum Gasteiger partial charge on any atom is -0.394 e. The first kappa shape index (κ1) is 16.3. The van der Waals surface area contributed by atoms with Gasteiger partial charge in [0, 0.05) is 11.3 Å². The maximum atomic E-state index is 12.0. The van der Waals surface area contributed by atoms with E-state index >= 15 is 0 Å². The Bertz CT molecular complexity index is 753. The molecule has 1 heterocycles. The third-order valence-corrected chi connectivity index (χ3v) is 4.19. The van der Waals surface area contributed by atoms with Crippen LogP contribution < -0.4 is 11.3 Å². The van der Waals surface area contributed by atoms with E-state index in [2.05, 4.69) is 4.98 Å². The Kier molecular flexibility index (Phi) is 4.16. The molecule has 0 bridgehead atoms. The number of aryl methyl sites for hydroxylation is 3. The lowest BCUT2D eigenvalue weighted by molar-refractivity contribution is 0.102. The van der Waals surface area contributed by atoms with Gasteiger partial charge in [-0.05, 0) is 45.2 Å². The zero-order chi connectivity index (χ0) is 16.7. The predicted molar refractivity (Wildman–Crippen MR) is 90.2 cm³/mol. The third kappa shape index (κ3) is 2.66. The number of benzene rings is 1. The number of hydrogen-bond donors (Lipinski definition) is 3. The van der Waals surface area contributed by atoms with Crippen molar-refractivity contribution in [3.63, 3.8) is 0 Å². The van der Waals surface area contributed by atoms with Gasteiger partial charge in [0.05, 0.1) is 0 Å². The third-order valence-electron chi connectivity index (χ3n) is 4.19. The van der Waals surface area contributed by atoms with E-state index in [1.807, 2.05) is 45.9 Å². The first-order valence-corrected chi connectivity index (χ1v) is 7.51. The summed E-state index contributed by atoms with van der Waals surface area (Å²) < 4.78 is 0. The molecule has 1 aromatic carbocycles. The highest BCUT2D eigenvalue weighted by atomic mass is 16.3. The van der Waals surface area contributed by atoms with E-state index in [4.69, 9.17) is 5.73 Å². The minimum atomic E-state index is -1.31. The van der Waals surface area contributed by atoms with Crippen LogP contribution in [-0.4, -0.2) is 10.1 Å². The van der Waals surface area contributed by atoms with E-state index in [1.165, 1.54) is 0 Å². The molecular formula is C18H24N2O2. The summed E-state index contributed by atoms with van der Waals surface area (Å²) in [7, 11) is 0. The molecule has 0 aliphatic rings. The molecule has 4 nitrogen and oxygen atoms in total. The van der Waals surface area contributed by atoms with E-state index in [1.54, 1.807) is 6.92 Å². The maximum Gasteiger partial charge on any atom is 0.271 e. The predicted octanol–water partition coefficient (Wildman–Crippen LogP) is 2.70. The normalized spacial score (nSPS) is 13.9. The van der Waals surface area contributed by atoms with Crippen molar-refractivity contribution in [1.29, 1.82) is 0 Å². The van der Waals surface area contributed by atoms with Crippen LogP contribution >= 0.6 is 0 Å². The van der Waals surface area contributed by atoms with Gasteiger partial charge >= 0.3 is 0 Å². The molecule has 0 aliphatic heterocycles. The second-order valence-electron chi connectivity index (χ2n) is 6.15. The van der Waals surface area contributed by atoms with Crippen molar-refractivity contribution in [1.82, 2.24) is 4.98 Å². The molecule has 118 valence electrons. The summed E-state index contributed by atoms with van der Waals surface area (Å²) >= 11 is 0. The van der Waals surface area contributed by atoms with Gasteiger partial charge in [0.1, 0.15) is 11.3 Å². The standard InChI is InChI=1S/C18H24N2O2/c1-6-14-12(4)20-17(21)16(19)15(14)18(5,22)13-8-10(2)7-11(3)9-13/h7-9,22H,6,19H2,1-5H3,(H,20,21). The second kappa shape index (κ2) is 5.61. The van der Waals surface area contributed by atoms with Crippen LogP contribution in [-0.2, 0) is 12.0 Å². The number of nitrogens with one attached hydrogen (secondary N) is 1. The van der Waals surface area contributed by atoms with E-state index in [-0.39, 0.29) is 11.2 Å². The van der Waals surface area contributed by atoms with Crippen molar-refractivity contribution in [2.24, 2.45) is 0 Å². The summed E-state index contributed by atoms with van der Waals surface area (Å²) in [6.07, 6.45) is 0.684. The van der Waals surface area contributed by atoms with Crippen molar-refractivity contribution in [2.75, 3.05) is 5.73 Å². The molecule has 4 N–H and O–H groups in total. The Morgan fingerprint density at radius 2 is 1.73 bits per heavy atom. The molecule has 0 aliphatic carbocycles. The van der Waals surface area contributed by atoms with Gasteiger partial charge in [0.25, 0.3) is 5.56 Å². The minimum absolute atomic E-state index is 0.0895. The summed E-state index contributed by atoms with van der Waals surface area (Å²) in [6.45, 7) is 9.49. The fourth-order valence-corrected chi connectivity index (χ4v) is 3.17. The van der Waals surface area contributed by atoms with Gasteiger partial charge in [-0.1, -0.05) is 36.2 Å². The lowest BCUT2D eigenvalue weighted by Crippen LogP contribution is -2.31. The van der Waals surface area contributed by atoms with Crippen LogP contribution in [0, 0.1) is 20.8 Å². The molecule has 4 heteroatoms. The molecule has 0 saturated heterocycles. The van der Waals surface area contributed by atoms with E-state index in [0.717, 1.165) is 27.9 Å². The Labute approximate surface area is 131 Å². The van der Waals surface area contributed by atoms with Crippen LogP contribution in [0.3, 0.4) is 0 Å². The summed E-state index contributed by atoms with van der Waals surface area (Å²) in [6, 6.07) is 5.91. The number of H-pyrrole nitrogens is 1. The first-order chi connectivity index (χ1) is 10.2. The molecule has 0 saturated carbocycles. The fraction of sp³-hybridized carbons (Fsp3) is 0.389.